The van der Waals surface area contributed by atoms with Crippen LogP contribution in [0, 0.1) is 6.92 Å². The van der Waals surface area contributed by atoms with E-state index in [1.165, 1.54) is 0 Å². The number of ether oxygens (including phenoxy) is 1. The van der Waals surface area contributed by atoms with Crippen molar-refractivity contribution in [3.8, 4) is 11.5 Å². The fourth-order valence-electron chi connectivity index (χ4n) is 3.97. The number of hydrogen-bond acceptors (Lipinski definition) is 6. The van der Waals surface area contributed by atoms with E-state index in [2.05, 4.69) is 0 Å². The Morgan fingerprint density at radius 2 is 1.76 bits per heavy atom. The highest BCUT2D eigenvalue weighted by Crippen LogP contribution is 2.37. The lowest BCUT2D eigenvalue weighted by Gasteiger charge is -2.14. The van der Waals surface area contributed by atoms with Gasteiger partial charge in [0.1, 0.15) is 16.0 Å². The summed E-state index contributed by atoms with van der Waals surface area (Å²) in [5, 5.41) is 11.7. The molecule has 0 aliphatic carbocycles. The van der Waals surface area contributed by atoms with Crippen molar-refractivity contribution in [3.05, 3.63) is 105 Å². The van der Waals surface area contributed by atoms with Gasteiger partial charge in [-0.25, -0.2) is 4.79 Å². The Morgan fingerprint density at radius 1 is 1.00 bits per heavy atom. The van der Waals surface area contributed by atoms with E-state index in [1.807, 2.05) is 61.5 Å². The molecule has 170 valence electrons. The van der Waals surface area contributed by atoms with Crippen LogP contribution in [0.3, 0.4) is 0 Å². The number of methoxy groups -OCH3 is 1. The third kappa shape index (κ3) is 3.84. The van der Waals surface area contributed by atoms with E-state index in [4.69, 9.17) is 9.15 Å². The van der Waals surface area contributed by atoms with Crippen LogP contribution in [0.2, 0.25) is 0 Å². The summed E-state index contributed by atoms with van der Waals surface area (Å²) in [5.41, 5.74) is 1.49. The smallest absolute Gasteiger partial charge is 0.354 e. The van der Waals surface area contributed by atoms with E-state index in [0.717, 1.165) is 27.8 Å². The van der Waals surface area contributed by atoms with Crippen LogP contribution in [0.15, 0.2) is 96.6 Å². The van der Waals surface area contributed by atoms with E-state index in [9.17, 15) is 14.7 Å². The predicted molar refractivity (Wildman–Crippen MR) is 133 cm³/mol. The highest BCUT2D eigenvalue weighted by molar-refractivity contribution is 7.99. The van der Waals surface area contributed by atoms with Crippen molar-refractivity contribution in [2.75, 3.05) is 7.11 Å². The first-order valence-electron chi connectivity index (χ1n) is 10.6. The number of nitrogens with zero attached hydrogens (tertiary/aromatic N) is 1. The Balaban J connectivity index is 1.75. The lowest BCUT2D eigenvalue weighted by Crippen LogP contribution is -2.22. The number of aromatic hydroxyl groups is 1. The van der Waals surface area contributed by atoms with Gasteiger partial charge in [0.05, 0.1) is 19.2 Å². The molecule has 5 rings (SSSR count). The molecule has 0 radical (unpaired) electrons. The molecule has 0 saturated heterocycles. The summed E-state index contributed by atoms with van der Waals surface area (Å²) in [6, 6.07) is 22.2. The number of hydrogen-bond donors (Lipinski definition) is 1. The number of para-hydroxylation sites is 1. The third-order valence-electron chi connectivity index (χ3n) is 5.67. The Morgan fingerprint density at radius 3 is 2.53 bits per heavy atom. The topological polar surface area (TPSA) is 81.7 Å². The van der Waals surface area contributed by atoms with E-state index in [1.54, 1.807) is 29.9 Å². The highest BCUT2D eigenvalue weighted by Gasteiger charge is 2.22. The van der Waals surface area contributed by atoms with Crippen LogP contribution < -0.4 is 15.9 Å². The summed E-state index contributed by atoms with van der Waals surface area (Å²) in [5.74, 6) is 0.313. The van der Waals surface area contributed by atoms with Gasteiger partial charge in [-0.05, 0) is 48.9 Å². The molecule has 6 nitrogen and oxygen atoms in total. The predicted octanol–water partition coefficient (Wildman–Crippen LogP) is 5.33. The number of pyridine rings is 1. The number of fused-ring (bicyclic) bond motifs is 3. The number of benzene rings is 3. The Kier molecular flexibility index (Phi) is 5.63. The first-order valence-corrected chi connectivity index (χ1v) is 11.5. The maximum Gasteiger partial charge on any atom is 0.354 e. The van der Waals surface area contributed by atoms with Crippen LogP contribution in [-0.4, -0.2) is 16.8 Å². The van der Waals surface area contributed by atoms with Crippen molar-refractivity contribution in [2.24, 2.45) is 0 Å². The molecule has 2 aromatic heterocycles. The minimum absolute atomic E-state index is 0.0170. The van der Waals surface area contributed by atoms with Crippen molar-refractivity contribution >= 4 is 33.6 Å². The largest absolute Gasteiger partial charge is 0.505 e. The molecule has 0 amide bonds. The second-order valence-corrected chi connectivity index (χ2v) is 9.03. The monoisotopic (exact) mass is 471 g/mol. The van der Waals surface area contributed by atoms with E-state index in [-0.39, 0.29) is 28.2 Å². The number of aromatic nitrogens is 1. The van der Waals surface area contributed by atoms with Gasteiger partial charge in [0.25, 0.3) is 5.56 Å². The van der Waals surface area contributed by atoms with Crippen LogP contribution in [0.25, 0.3) is 21.9 Å². The fraction of sp³-hybridized carbons (Fsp3) is 0.111. The lowest BCUT2D eigenvalue weighted by molar-refractivity contribution is 0.414. The molecule has 0 spiro atoms. The molecule has 3 aromatic carbocycles. The summed E-state index contributed by atoms with van der Waals surface area (Å²) in [6.07, 6.45) is 0. The Hall–Kier alpha value is -3.97. The van der Waals surface area contributed by atoms with Crippen molar-refractivity contribution in [3.63, 3.8) is 0 Å². The maximum absolute atomic E-state index is 13.7. The molecule has 0 aliphatic rings. The van der Waals surface area contributed by atoms with Gasteiger partial charge in [-0.2, -0.15) is 0 Å². The van der Waals surface area contributed by atoms with Crippen LogP contribution >= 0.6 is 11.8 Å². The fourth-order valence-corrected chi connectivity index (χ4v) is 4.80. The highest BCUT2D eigenvalue weighted by atomic mass is 32.2. The second-order valence-electron chi connectivity index (χ2n) is 7.95. The Bertz CT molecular complexity index is 1650. The normalized spacial score (nSPS) is 11.2. The molecule has 0 unspecified atom stereocenters. The van der Waals surface area contributed by atoms with Gasteiger partial charge in [0, 0.05) is 10.3 Å². The van der Waals surface area contributed by atoms with Crippen LogP contribution in [-0.2, 0) is 6.54 Å². The van der Waals surface area contributed by atoms with Crippen LogP contribution in [0.5, 0.6) is 11.5 Å². The van der Waals surface area contributed by atoms with Gasteiger partial charge in [0.2, 0.25) is 0 Å². The van der Waals surface area contributed by atoms with Gasteiger partial charge in [-0.3, -0.25) is 4.79 Å². The minimum atomic E-state index is -0.689. The van der Waals surface area contributed by atoms with Gasteiger partial charge in [0.15, 0.2) is 11.3 Å². The van der Waals surface area contributed by atoms with Crippen molar-refractivity contribution in [1.82, 2.24) is 4.57 Å². The second kappa shape index (κ2) is 8.76. The summed E-state index contributed by atoms with van der Waals surface area (Å²) in [6.45, 7) is 2.22. The van der Waals surface area contributed by atoms with Gasteiger partial charge in [-0.15, -0.1) is 0 Å². The first kappa shape index (κ1) is 21.9. The molecule has 0 saturated carbocycles. The summed E-state index contributed by atoms with van der Waals surface area (Å²) in [7, 11) is 1.59. The molecular weight excluding hydrogens is 450 g/mol. The molecular formula is C27H21NO5S. The van der Waals surface area contributed by atoms with Gasteiger partial charge >= 0.3 is 5.63 Å². The van der Waals surface area contributed by atoms with E-state index in [0.29, 0.717) is 16.7 Å². The van der Waals surface area contributed by atoms with Crippen molar-refractivity contribution in [1.29, 1.82) is 0 Å². The zero-order valence-electron chi connectivity index (χ0n) is 18.6. The van der Waals surface area contributed by atoms with Crippen LogP contribution in [0.1, 0.15) is 11.1 Å². The third-order valence-corrected chi connectivity index (χ3v) is 6.75. The molecule has 0 aliphatic heterocycles. The summed E-state index contributed by atoms with van der Waals surface area (Å²) in [4.78, 5) is 27.3. The standard InChI is InChI=1S/C27H21NO5S/c1-16-10-12-19(13-11-16)34-25-23(29)22-24(33-27(25)31)20-8-3-4-9-21(20)28(26(22)30)15-17-6-5-7-18(14-17)32-2/h3-14,29H,15H2,1-2H3. The van der Waals surface area contributed by atoms with E-state index >= 15 is 0 Å². The molecule has 1 N–H and O–H groups in total. The summed E-state index contributed by atoms with van der Waals surface area (Å²) < 4.78 is 12.5. The van der Waals surface area contributed by atoms with Crippen LogP contribution in [0.4, 0.5) is 0 Å². The average molecular weight is 472 g/mol. The van der Waals surface area contributed by atoms with Crippen molar-refractivity contribution < 1.29 is 14.3 Å². The zero-order valence-corrected chi connectivity index (χ0v) is 19.4. The molecule has 5 aromatic rings. The zero-order chi connectivity index (χ0) is 23.8. The maximum atomic E-state index is 13.7. The molecule has 0 atom stereocenters. The molecule has 2 heterocycles. The SMILES string of the molecule is COc1cccc(Cn2c(=O)c3c(O)c(Sc4ccc(C)cc4)c(=O)oc3c3ccccc32)c1. The van der Waals surface area contributed by atoms with E-state index < -0.39 is 11.2 Å². The van der Waals surface area contributed by atoms with Crippen molar-refractivity contribution in [2.45, 2.75) is 23.3 Å². The lowest BCUT2D eigenvalue weighted by atomic mass is 10.1. The average Bonchev–Trinajstić information content (AvgIpc) is 2.85. The van der Waals surface area contributed by atoms with Gasteiger partial charge in [-0.1, -0.05) is 53.7 Å². The molecule has 0 fully saturated rings. The minimum Gasteiger partial charge on any atom is -0.505 e. The molecule has 7 heteroatoms. The number of aryl methyl sites for hydroxylation is 1. The summed E-state index contributed by atoms with van der Waals surface area (Å²) >= 11 is 1.07. The molecule has 0 bridgehead atoms. The first-order chi connectivity index (χ1) is 16.5. The Labute approximate surface area is 199 Å². The van der Waals surface area contributed by atoms with Gasteiger partial charge < -0.3 is 18.8 Å². The number of rotatable bonds is 5. The molecule has 34 heavy (non-hydrogen) atoms. The quantitative estimate of drug-likeness (QED) is 0.349.